The fourth-order valence-corrected chi connectivity index (χ4v) is 2.97. The summed E-state index contributed by atoms with van der Waals surface area (Å²) < 4.78 is 12.8. The Labute approximate surface area is 169 Å². The van der Waals surface area contributed by atoms with Crippen molar-refractivity contribution in [1.82, 2.24) is 14.9 Å². The smallest absolute Gasteiger partial charge is 0.261 e. The molecule has 0 aliphatic rings. The van der Waals surface area contributed by atoms with Gasteiger partial charge in [0.05, 0.1) is 12.1 Å². The van der Waals surface area contributed by atoms with E-state index in [9.17, 15) is 4.79 Å². The maximum Gasteiger partial charge on any atom is 0.261 e. The standard InChI is InChI=1S/C21H22ClN3O3/c1-14(28-18-7-5-4-6-17(18)22)21(26)24-19(20-23-12-13-25(20)2)15-8-10-16(27-3)11-9-15/h4-14,19H,1-3H3,(H,24,26). The number of methoxy groups -OCH3 is 1. The van der Waals surface area contributed by atoms with Gasteiger partial charge in [0.1, 0.15) is 23.4 Å². The first-order chi connectivity index (χ1) is 13.5. The summed E-state index contributed by atoms with van der Waals surface area (Å²) in [5.41, 5.74) is 0.883. The number of nitrogens with zero attached hydrogens (tertiary/aromatic N) is 2. The van der Waals surface area contributed by atoms with Gasteiger partial charge in [-0.1, -0.05) is 35.9 Å². The Balaban J connectivity index is 1.81. The van der Waals surface area contributed by atoms with E-state index >= 15 is 0 Å². The van der Waals surface area contributed by atoms with Crippen LogP contribution >= 0.6 is 11.6 Å². The Bertz CT molecular complexity index is 940. The maximum absolute atomic E-state index is 12.8. The molecule has 2 atom stereocenters. The van der Waals surface area contributed by atoms with E-state index < -0.39 is 12.1 Å². The number of aromatic nitrogens is 2. The number of hydrogen-bond donors (Lipinski definition) is 1. The first kappa shape index (κ1) is 19.8. The molecule has 0 spiro atoms. The van der Waals surface area contributed by atoms with Gasteiger partial charge in [-0.3, -0.25) is 4.79 Å². The summed E-state index contributed by atoms with van der Waals surface area (Å²) in [6, 6.07) is 14.1. The van der Waals surface area contributed by atoms with Gasteiger partial charge in [-0.15, -0.1) is 0 Å². The van der Waals surface area contributed by atoms with Crippen molar-refractivity contribution in [3.05, 3.63) is 77.3 Å². The number of ether oxygens (including phenoxy) is 2. The summed E-state index contributed by atoms with van der Waals surface area (Å²) in [4.78, 5) is 17.2. The average molecular weight is 400 g/mol. The number of halogens is 1. The summed E-state index contributed by atoms with van der Waals surface area (Å²) in [6.07, 6.45) is 2.80. The lowest BCUT2D eigenvalue weighted by molar-refractivity contribution is -0.127. The number of para-hydroxylation sites is 1. The Hall–Kier alpha value is -2.99. The number of nitrogens with one attached hydrogen (secondary N) is 1. The van der Waals surface area contributed by atoms with Crippen molar-refractivity contribution in [2.75, 3.05) is 7.11 Å². The molecule has 1 amide bonds. The number of hydrogen-bond acceptors (Lipinski definition) is 4. The number of aryl methyl sites for hydroxylation is 1. The molecule has 146 valence electrons. The maximum atomic E-state index is 12.8. The fraction of sp³-hybridized carbons (Fsp3) is 0.238. The molecule has 0 saturated heterocycles. The van der Waals surface area contributed by atoms with E-state index in [1.54, 1.807) is 44.5 Å². The molecule has 1 aromatic heterocycles. The normalized spacial score (nSPS) is 12.9. The van der Waals surface area contributed by atoms with Crippen molar-refractivity contribution >= 4 is 17.5 Å². The van der Waals surface area contributed by atoms with Crippen molar-refractivity contribution in [2.45, 2.75) is 19.1 Å². The first-order valence-electron chi connectivity index (χ1n) is 8.82. The van der Waals surface area contributed by atoms with Crippen LogP contribution in [0.2, 0.25) is 5.02 Å². The Morgan fingerprint density at radius 3 is 2.50 bits per heavy atom. The highest BCUT2D eigenvalue weighted by Gasteiger charge is 2.24. The molecule has 0 bridgehead atoms. The second-order valence-electron chi connectivity index (χ2n) is 6.30. The molecule has 0 aliphatic carbocycles. The van der Waals surface area contributed by atoms with Crippen LogP contribution in [0.15, 0.2) is 60.9 Å². The first-order valence-corrected chi connectivity index (χ1v) is 9.20. The van der Waals surface area contributed by atoms with E-state index in [1.165, 1.54) is 0 Å². The summed E-state index contributed by atoms with van der Waals surface area (Å²) in [6.45, 7) is 1.68. The zero-order valence-corrected chi connectivity index (χ0v) is 16.7. The van der Waals surface area contributed by atoms with Crippen LogP contribution in [0, 0.1) is 0 Å². The minimum Gasteiger partial charge on any atom is -0.497 e. The molecule has 1 N–H and O–H groups in total. The van der Waals surface area contributed by atoms with E-state index in [2.05, 4.69) is 10.3 Å². The lowest BCUT2D eigenvalue weighted by Crippen LogP contribution is -2.39. The average Bonchev–Trinajstić information content (AvgIpc) is 3.13. The second-order valence-corrected chi connectivity index (χ2v) is 6.71. The van der Waals surface area contributed by atoms with E-state index in [1.807, 2.05) is 42.1 Å². The molecule has 28 heavy (non-hydrogen) atoms. The second kappa shape index (κ2) is 8.80. The Kier molecular flexibility index (Phi) is 6.21. The predicted octanol–water partition coefficient (Wildman–Crippen LogP) is 3.76. The van der Waals surface area contributed by atoms with Gasteiger partial charge in [-0.2, -0.15) is 0 Å². The molecule has 2 unspecified atom stereocenters. The third-order valence-corrected chi connectivity index (χ3v) is 4.67. The number of imidazole rings is 1. The highest BCUT2D eigenvalue weighted by Crippen LogP contribution is 2.26. The van der Waals surface area contributed by atoms with Gasteiger partial charge in [0.2, 0.25) is 0 Å². The Morgan fingerprint density at radius 1 is 1.18 bits per heavy atom. The molecule has 2 aromatic carbocycles. The molecule has 3 aromatic rings. The molecule has 6 nitrogen and oxygen atoms in total. The van der Waals surface area contributed by atoms with E-state index in [-0.39, 0.29) is 5.91 Å². The SMILES string of the molecule is COc1ccc(C(NC(=O)C(C)Oc2ccccc2Cl)c2nccn2C)cc1. The van der Waals surface area contributed by atoms with Crippen LogP contribution in [-0.2, 0) is 11.8 Å². The van der Waals surface area contributed by atoms with Crippen molar-refractivity contribution in [3.63, 3.8) is 0 Å². The number of rotatable bonds is 7. The van der Waals surface area contributed by atoms with Crippen molar-refractivity contribution < 1.29 is 14.3 Å². The minimum absolute atomic E-state index is 0.274. The van der Waals surface area contributed by atoms with Crippen LogP contribution in [0.5, 0.6) is 11.5 Å². The van der Waals surface area contributed by atoms with E-state index in [0.717, 1.165) is 11.3 Å². The van der Waals surface area contributed by atoms with Crippen LogP contribution in [0.3, 0.4) is 0 Å². The lowest BCUT2D eigenvalue weighted by Gasteiger charge is -2.22. The highest BCUT2D eigenvalue weighted by molar-refractivity contribution is 6.32. The third-order valence-electron chi connectivity index (χ3n) is 4.36. The summed E-state index contributed by atoms with van der Waals surface area (Å²) in [5, 5.41) is 3.48. The number of carbonyl (C=O) groups excluding carboxylic acids is 1. The van der Waals surface area contributed by atoms with Crippen molar-refractivity contribution in [2.24, 2.45) is 7.05 Å². The third kappa shape index (κ3) is 4.46. The fourth-order valence-electron chi connectivity index (χ4n) is 2.79. The molecule has 7 heteroatoms. The van der Waals surface area contributed by atoms with Gasteiger partial charge in [0.25, 0.3) is 5.91 Å². The van der Waals surface area contributed by atoms with Gasteiger partial charge in [0, 0.05) is 19.4 Å². The molecule has 1 heterocycles. The van der Waals surface area contributed by atoms with Crippen LogP contribution in [0.1, 0.15) is 24.4 Å². The van der Waals surface area contributed by atoms with E-state index in [4.69, 9.17) is 21.1 Å². The van der Waals surface area contributed by atoms with Gasteiger partial charge >= 0.3 is 0 Å². The number of amides is 1. The minimum atomic E-state index is -0.735. The summed E-state index contributed by atoms with van der Waals surface area (Å²) >= 11 is 6.12. The van der Waals surface area contributed by atoms with Gasteiger partial charge in [0.15, 0.2) is 6.10 Å². The summed E-state index contributed by atoms with van der Waals surface area (Å²) in [5.74, 6) is 1.64. The zero-order chi connectivity index (χ0) is 20.1. The summed E-state index contributed by atoms with van der Waals surface area (Å²) in [7, 11) is 3.50. The monoisotopic (exact) mass is 399 g/mol. The van der Waals surface area contributed by atoms with E-state index in [0.29, 0.717) is 16.6 Å². The van der Waals surface area contributed by atoms with Crippen LogP contribution in [0.25, 0.3) is 0 Å². The number of carbonyl (C=O) groups is 1. The quantitative estimate of drug-likeness (QED) is 0.657. The topological polar surface area (TPSA) is 65.4 Å². The molecule has 0 fully saturated rings. The van der Waals surface area contributed by atoms with Crippen LogP contribution in [0.4, 0.5) is 0 Å². The van der Waals surface area contributed by atoms with Crippen LogP contribution < -0.4 is 14.8 Å². The molecular weight excluding hydrogens is 378 g/mol. The Morgan fingerprint density at radius 2 is 1.89 bits per heavy atom. The van der Waals surface area contributed by atoms with Crippen LogP contribution in [-0.4, -0.2) is 28.7 Å². The molecule has 0 aliphatic heterocycles. The van der Waals surface area contributed by atoms with Gasteiger partial charge in [-0.25, -0.2) is 4.98 Å². The van der Waals surface area contributed by atoms with Gasteiger partial charge in [-0.05, 0) is 36.8 Å². The van der Waals surface area contributed by atoms with Crippen molar-refractivity contribution in [1.29, 1.82) is 0 Å². The lowest BCUT2D eigenvalue weighted by atomic mass is 10.1. The number of benzene rings is 2. The molecule has 3 rings (SSSR count). The molecule has 0 radical (unpaired) electrons. The zero-order valence-electron chi connectivity index (χ0n) is 15.9. The predicted molar refractivity (Wildman–Crippen MR) is 108 cm³/mol. The molecular formula is C21H22ClN3O3. The molecule has 0 saturated carbocycles. The largest absolute Gasteiger partial charge is 0.497 e. The van der Waals surface area contributed by atoms with Gasteiger partial charge < -0.3 is 19.4 Å². The van der Waals surface area contributed by atoms with Crippen molar-refractivity contribution in [3.8, 4) is 11.5 Å². The highest BCUT2D eigenvalue weighted by atomic mass is 35.5.